The van der Waals surface area contributed by atoms with Gasteiger partial charge in [-0.2, -0.15) is 0 Å². The molecule has 1 aliphatic heterocycles. The number of carbonyl (C=O) groups excluding carboxylic acids is 1. The van der Waals surface area contributed by atoms with Crippen molar-refractivity contribution in [3.63, 3.8) is 0 Å². The molecule has 0 aliphatic carbocycles. The first kappa shape index (κ1) is 20.0. The van der Waals surface area contributed by atoms with Gasteiger partial charge in [0.25, 0.3) is 5.91 Å². The summed E-state index contributed by atoms with van der Waals surface area (Å²) in [5, 5.41) is 6.57. The summed E-state index contributed by atoms with van der Waals surface area (Å²) in [5.74, 6) is 0.839. The quantitative estimate of drug-likeness (QED) is 0.322. The lowest BCUT2D eigenvalue weighted by atomic mass is 10.1. The second-order valence-electron chi connectivity index (χ2n) is 6.48. The molecule has 0 atom stereocenters. The Morgan fingerprint density at radius 1 is 1.21 bits per heavy atom. The molecule has 3 N–H and O–H groups in total. The average molecular weight is 400 g/mol. The molecule has 1 saturated heterocycles. The Hall–Kier alpha value is -2.74. The molecule has 28 heavy (non-hydrogen) atoms. The zero-order valence-electron chi connectivity index (χ0n) is 15.9. The van der Waals surface area contributed by atoms with Crippen LogP contribution in [-0.4, -0.2) is 42.7 Å². The van der Waals surface area contributed by atoms with E-state index in [4.69, 9.17) is 10.6 Å². The Kier molecular flexibility index (Phi) is 7.13. The molecular formula is C20H25N5O2S. The number of oxime groups is 1. The molecule has 1 aromatic heterocycles. The number of rotatable bonds is 7. The van der Waals surface area contributed by atoms with Crippen LogP contribution < -0.4 is 16.0 Å². The van der Waals surface area contributed by atoms with E-state index < -0.39 is 0 Å². The van der Waals surface area contributed by atoms with Crippen molar-refractivity contribution in [1.29, 1.82) is 0 Å². The Balaban J connectivity index is 1.48. The number of piperidine rings is 1. The van der Waals surface area contributed by atoms with Crippen molar-refractivity contribution < 1.29 is 9.63 Å². The number of thioether (sulfide) groups is 1. The monoisotopic (exact) mass is 399 g/mol. The lowest BCUT2D eigenvalue weighted by molar-refractivity contribution is -0.120. The number of benzene rings is 1. The van der Waals surface area contributed by atoms with Crippen molar-refractivity contribution >= 4 is 35.0 Å². The van der Waals surface area contributed by atoms with Crippen LogP contribution in [0.3, 0.4) is 0 Å². The van der Waals surface area contributed by atoms with Crippen molar-refractivity contribution in [1.82, 2.24) is 4.98 Å². The highest BCUT2D eigenvalue weighted by Crippen LogP contribution is 2.18. The van der Waals surface area contributed by atoms with Crippen molar-refractivity contribution in [3.8, 4) is 0 Å². The zero-order chi connectivity index (χ0) is 19.8. The number of carbonyl (C=O) groups is 1. The highest BCUT2D eigenvalue weighted by atomic mass is 32.2. The van der Waals surface area contributed by atoms with Crippen LogP contribution in [0.15, 0.2) is 52.6 Å². The van der Waals surface area contributed by atoms with Crippen molar-refractivity contribution in [2.24, 2.45) is 10.9 Å². The van der Waals surface area contributed by atoms with Gasteiger partial charge in [0.15, 0.2) is 12.4 Å². The van der Waals surface area contributed by atoms with Crippen molar-refractivity contribution in [3.05, 3.63) is 48.2 Å². The third-order valence-electron chi connectivity index (χ3n) is 4.46. The number of hydrogen-bond donors (Lipinski definition) is 2. The summed E-state index contributed by atoms with van der Waals surface area (Å²) in [4.78, 5) is 24.9. The van der Waals surface area contributed by atoms with Gasteiger partial charge in [0.2, 0.25) is 0 Å². The standard InChI is InChI=1S/C20H25N5O2S/c1-28-17-8-6-16(7-9-17)23-19(26)14-27-24-20(21)15-5-10-18(22-13-15)25-11-3-2-4-12-25/h5-10,13H,2-4,11-12,14H2,1H3,(H2,21,24)(H,23,26). The molecular weight excluding hydrogens is 374 g/mol. The van der Waals surface area contributed by atoms with Gasteiger partial charge in [-0.05, 0) is 61.9 Å². The van der Waals surface area contributed by atoms with Crippen LogP contribution in [0.5, 0.6) is 0 Å². The number of nitrogens with two attached hydrogens (primary N) is 1. The maximum Gasteiger partial charge on any atom is 0.265 e. The van der Waals surface area contributed by atoms with Gasteiger partial charge >= 0.3 is 0 Å². The Morgan fingerprint density at radius 3 is 2.61 bits per heavy atom. The van der Waals surface area contributed by atoms with Crippen LogP contribution >= 0.6 is 11.8 Å². The first-order valence-electron chi connectivity index (χ1n) is 9.26. The van der Waals surface area contributed by atoms with Gasteiger partial charge in [-0.25, -0.2) is 4.98 Å². The largest absolute Gasteiger partial charge is 0.384 e. The van der Waals surface area contributed by atoms with E-state index in [0.717, 1.165) is 23.8 Å². The van der Waals surface area contributed by atoms with E-state index in [2.05, 4.69) is 20.4 Å². The lowest BCUT2D eigenvalue weighted by Gasteiger charge is -2.27. The highest BCUT2D eigenvalue weighted by molar-refractivity contribution is 7.98. The summed E-state index contributed by atoms with van der Waals surface area (Å²) in [6.45, 7) is 1.85. The van der Waals surface area contributed by atoms with Gasteiger partial charge in [-0.1, -0.05) is 5.16 Å². The van der Waals surface area contributed by atoms with Crippen LogP contribution in [-0.2, 0) is 9.63 Å². The van der Waals surface area contributed by atoms with Gasteiger partial charge in [-0.15, -0.1) is 11.8 Å². The third kappa shape index (κ3) is 5.63. The van der Waals surface area contributed by atoms with E-state index >= 15 is 0 Å². The van der Waals surface area contributed by atoms with E-state index in [9.17, 15) is 4.79 Å². The molecule has 0 spiro atoms. The Bertz CT molecular complexity index is 802. The minimum absolute atomic E-state index is 0.190. The summed E-state index contributed by atoms with van der Waals surface area (Å²) in [6.07, 6.45) is 7.36. The molecule has 2 aromatic rings. The SMILES string of the molecule is CSc1ccc(NC(=O)CO/N=C(/N)c2ccc(N3CCCCC3)nc2)cc1. The van der Waals surface area contributed by atoms with Crippen LogP contribution in [0.2, 0.25) is 0 Å². The number of amidine groups is 1. The third-order valence-corrected chi connectivity index (χ3v) is 5.20. The van der Waals surface area contributed by atoms with Crippen LogP contribution in [0.25, 0.3) is 0 Å². The minimum Gasteiger partial charge on any atom is -0.384 e. The van der Waals surface area contributed by atoms with E-state index in [1.165, 1.54) is 19.3 Å². The molecule has 1 aromatic carbocycles. The molecule has 1 amide bonds. The second-order valence-corrected chi connectivity index (χ2v) is 7.36. The minimum atomic E-state index is -0.299. The normalized spacial score (nSPS) is 14.6. The molecule has 0 radical (unpaired) electrons. The van der Waals surface area contributed by atoms with Crippen molar-refractivity contribution in [2.45, 2.75) is 24.2 Å². The summed E-state index contributed by atoms with van der Waals surface area (Å²) in [7, 11) is 0. The topological polar surface area (TPSA) is 92.8 Å². The molecule has 2 heterocycles. The summed E-state index contributed by atoms with van der Waals surface area (Å²) < 4.78 is 0. The summed E-state index contributed by atoms with van der Waals surface area (Å²) in [5.41, 5.74) is 7.30. The molecule has 1 fully saturated rings. The average Bonchev–Trinajstić information content (AvgIpc) is 2.75. The fourth-order valence-electron chi connectivity index (χ4n) is 2.93. The fourth-order valence-corrected chi connectivity index (χ4v) is 3.34. The maximum atomic E-state index is 11.9. The molecule has 8 heteroatoms. The van der Waals surface area contributed by atoms with Crippen LogP contribution in [0.1, 0.15) is 24.8 Å². The van der Waals surface area contributed by atoms with Crippen LogP contribution in [0.4, 0.5) is 11.5 Å². The first-order chi connectivity index (χ1) is 13.7. The highest BCUT2D eigenvalue weighted by Gasteiger charge is 2.12. The van der Waals surface area contributed by atoms with E-state index in [1.54, 1.807) is 18.0 Å². The Morgan fingerprint density at radius 2 is 1.96 bits per heavy atom. The Labute approximate surface area is 169 Å². The molecule has 0 saturated carbocycles. The van der Waals surface area contributed by atoms with E-state index in [0.29, 0.717) is 11.3 Å². The number of hydrogen-bond acceptors (Lipinski definition) is 6. The smallest absolute Gasteiger partial charge is 0.265 e. The molecule has 0 unspecified atom stereocenters. The summed E-state index contributed by atoms with van der Waals surface area (Å²) >= 11 is 1.64. The predicted molar refractivity (Wildman–Crippen MR) is 114 cm³/mol. The van der Waals surface area contributed by atoms with Gasteiger partial charge in [-0.3, -0.25) is 4.79 Å². The number of amides is 1. The van der Waals surface area contributed by atoms with E-state index in [-0.39, 0.29) is 18.3 Å². The predicted octanol–water partition coefficient (Wildman–Crippen LogP) is 3.07. The van der Waals surface area contributed by atoms with Crippen molar-refractivity contribution in [2.75, 3.05) is 36.2 Å². The lowest BCUT2D eigenvalue weighted by Crippen LogP contribution is -2.30. The van der Waals surface area contributed by atoms with Gasteiger partial charge in [0.1, 0.15) is 5.82 Å². The number of pyridine rings is 1. The molecule has 148 valence electrons. The molecule has 1 aliphatic rings. The fraction of sp³-hybridized carbons (Fsp3) is 0.350. The first-order valence-corrected chi connectivity index (χ1v) is 10.5. The number of aromatic nitrogens is 1. The zero-order valence-corrected chi connectivity index (χ0v) is 16.7. The van der Waals surface area contributed by atoms with Gasteiger partial charge in [0, 0.05) is 35.4 Å². The van der Waals surface area contributed by atoms with Gasteiger partial charge in [0.05, 0.1) is 0 Å². The van der Waals surface area contributed by atoms with Crippen LogP contribution in [0, 0.1) is 0 Å². The summed E-state index contributed by atoms with van der Waals surface area (Å²) in [6, 6.07) is 11.4. The second kappa shape index (κ2) is 9.98. The van der Waals surface area contributed by atoms with Gasteiger partial charge < -0.3 is 20.8 Å². The molecule has 0 bridgehead atoms. The molecule has 3 rings (SSSR count). The number of nitrogens with zero attached hydrogens (tertiary/aromatic N) is 3. The number of nitrogens with one attached hydrogen (secondary N) is 1. The van der Waals surface area contributed by atoms with E-state index in [1.807, 2.05) is 42.7 Å². The molecule has 7 nitrogen and oxygen atoms in total. The number of anilines is 2. The maximum absolute atomic E-state index is 11.9.